The molecule has 1 unspecified atom stereocenters. The van der Waals surface area contributed by atoms with Crippen LogP contribution in [0.25, 0.3) is 0 Å². The quantitative estimate of drug-likeness (QED) is 0.824. The number of anilines is 1. The fourth-order valence-corrected chi connectivity index (χ4v) is 1.72. The van der Waals surface area contributed by atoms with Crippen LogP contribution in [0.4, 0.5) is 5.82 Å². The van der Waals surface area contributed by atoms with E-state index >= 15 is 0 Å². The van der Waals surface area contributed by atoms with Gasteiger partial charge in [-0.3, -0.25) is 4.98 Å². The minimum atomic E-state index is 0.141. The lowest BCUT2D eigenvalue weighted by atomic mass is 10.1. The van der Waals surface area contributed by atoms with Crippen LogP contribution < -0.4 is 11.1 Å². The topological polar surface area (TPSA) is 63.8 Å². The van der Waals surface area contributed by atoms with Gasteiger partial charge in [0.05, 0.1) is 11.7 Å². The van der Waals surface area contributed by atoms with Crippen LogP contribution in [0, 0.1) is 0 Å². The van der Waals surface area contributed by atoms with E-state index in [1.807, 2.05) is 24.3 Å². The van der Waals surface area contributed by atoms with Crippen molar-refractivity contribution in [3.05, 3.63) is 54.0 Å². The number of hydrogen-bond donors (Lipinski definition) is 2. The summed E-state index contributed by atoms with van der Waals surface area (Å²) in [6.07, 6.45) is 3.54. The molecule has 0 aromatic carbocycles. The molecule has 3 N–H and O–H groups in total. The van der Waals surface area contributed by atoms with Crippen LogP contribution in [0.2, 0.25) is 0 Å². The molecule has 4 nitrogen and oxygen atoms in total. The molecule has 18 heavy (non-hydrogen) atoms. The highest BCUT2D eigenvalue weighted by atomic mass is 32.1. The molecule has 0 fully saturated rings. The zero-order valence-electron chi connectivity index (χ0n) is 10.00. The minimum absolute atomic E-state index is 0.141. The first kappa shape index (κ1) is 12.4. The Balaban J connectivity index is 2.14. The molecule has 0 amide bonds. The van der Waals surface area contributed by atoms with E-state index in [0.717, 1.165) is 11.4 Å². The number of hydrogen-bond acceptors (Lipinski definition) is 4. The van der Waals surface area contributed by atoms with E-state index in [2.05, 4.69) is 22.2 Å². The van der Waals surface area contributed by atoms with E-state index < -0.39 is 0 Å². The van der Waals surface area contributed by atoms with E-state index in [0.29, 0.717) is 10.7 Å². The van der Waals surface area contributed by atoms with Crippen molar-refractivity contribution >= 4 is 23.0 Å². The van der Waals surface area contributed by atoms with Gasteiger partial charge in [0, 0.05) is 12.4 Å². The van der Waals surface area contributed by atoms with Crippen molar-refractivity contribution in [3.63, 3.8) is 0 Å². The molecular weight excluding hydrogens is 244 g/mol. The monoisotopic (exact) mass is 258 g/mol. The predicted molar refractivity (Wildman–Crippen MR) is 76.4 cm³/mol. The maximum Gasteiger partial charge on any atom is 0.127 e. The highest BCUT2D eigenvalue weighted by Gasteiger charge is 2.06. The lowest BCUT2D eigenvalue weighted by Crippen LogP contribution is -2.14. The van der Waals surface area contributed by atoms with Gasteiger partial charge in [0.15, 0.2) is 0 Å². The van der Waals surface area contributed by atoms with Crippen LogP contribution >= 0.6 is 12.2 Å². The maximum absolute atomic E-state index is 5.56. The fraction of sp³-hybridized carbons (Fsp3) is 0.154. The number of nitrogens with zero attached hydrogens (tertiary/aromatic N) is 2. The van der Waals surface area contributed by atoms with E-state index in [4.69, 9.17) is 18.0 Å². The van der Waals surface area contributed by atoms with Gasteiger partial charge < -0.3 is 11.1 Å². The molecule has 1 atom stereocenters. The van der Waals surface area contributed by atoms with Crippen LogP contribution in [0.3, 0.4) is 0 Å². The van der Waals surface area contributed by atoms with E-state index in [-0.39, 0.29) is 6.04 Å². The Bertz CT molecular complexity index is 542. The molecule has 2 heterocycles. The summed E-state index contributed by atoms with van der Waals surface area (Å²) >= 11 is 4.91. The van der Waals surface area contributed by atoms with Gasteiger partial charge in [-0.2, -0.15) is 0 Å². The summed E-state index contributed by atoms with van der Waals surface area (Å²) in [5, 5.41) is 3.30. The Hall–Kier alpha value is -2.01. The van der Waals surface area contributed by atoms with E-state index in [9.17, 15) is 0 Å². The van der Waals surface area contributed by atoms with Crippen molar-refractivity contribution in [2.75, 3.05) is 5.32 Å². The average molecular weight is 258 g/mol. The average Bonchev–Trinajstić information content (AvgIpc) is 2.40. The van der Waals surface area contributed by atoms with Gasteiger partial charge in [0.2, 0.25) is 0 Å². The summed E-state index contributed by atoms with van der Waals surface area (Å²) in [5.74, 6) is 0.754. The smallest absolute Gasteiger partial charge is 0.127 e. The second kappa shape index (κ2) is 5.55. The van der Waals surface area contributed by atoms with Crippen LogP contribution in [0.1, 0.15) is 24.2 Å². The second-order valence-corrected chi connectivity index (χ2v) is 4.36. The number of rotatable bonds is 4. The van der Waals surface area contributed by atoms with Crippen LogP contribution in [-0.4, -0.2) is 15.0 Å². The van der Waals surface area contributed by atoms with Crippen LogP contribution in [0.5, 0.6) is 0 Å². The third-order valence-electron chi connectivity index (χ3n) is 2.57. The van der Waals surface area contributed by atoms with Crippen molar-refractivity contribution in [2.24, 2.45) is 5.73 Å². The number of nitrogens with one attached hydrogen (secondary N) is 1. The van der Waals surface area contributed by atoms with Gasteiger partial charge >= 0.3 is 0 Å². The summed E-state index contributed by atoms with van der Waals surface area (Å²) in [5.41, 5.74) is 7.33. The van der Waals surface area contributed by atoms with Crippen molar-refractivity contribution < 1.29 is 0 Å². The Kier molecular flexibility index (Phi) is 3.84. The first-order chi connectivity index (χ1) is 8.66. The van der Waals surface area contributed by atoms with Crippen molar-refractivity contribution in [1.29, 1.82) is 0 Å². The zero-order chi connectivity index (χ0) is 13.0. The highest BCUT2D eigenvalue weighted by molar-refractivity contribution is 7.80. The molecule has 0 aliphatic carbocycles. The minimum Gasteiger partial charge on any atom is -0.388 e. The fourth-order valence-electron chi connectivity index (χ4n) is 1.61. The number of aromatic nitrogens is 2. The van der Waals surface area contributed by atoms with Crippen molar-refractivity contribution in [2.45, 2.75) is 13.0 Å². The van der Waals surface area contributed by atoms with Gasteiger partial charge in [0.1, 0.15) is 10.8 Å². The summed E-state index contributed by atoms with van der Waals surface area (Å²) in [6.45, 7) is 2.06. The molecular formula is C13H14N4S. The highest BCUT2D eigenvalue weighted by Crippen LogP contribution is 2.16. The number of nitrogens with two attached hydrogens (primary N) is 1. The largest absolute Gasteiger partial charge is 0.388 e. The van der Waals surface area contributed by atoms with E-state index in [1.54, 1.807) is 18.5 Å². The Morgan fingerprint density at radius 3 is 2.67 bits per heavy atom. The third-order valence-corrected chi connectivity index (χ3v) is 2.78. The third kappa shape index (κ3) is 3.01. The molecule has 2 aromatic rings. The molecule has 0 aliphatic heterocycles. The summed E-state index contributed by atoms with van der Waals surface area (Å²) in [6, 6.07) is 9.64. The molecule has 0 aliphatic rings. The van der Waals surface area contributed by atoms with Gasteiger partial charge in [-0.1, -0.05) is 18.3 Å². The van der Waals surface area contributed by atoms with Crippen molar-refractivity contribution in [1.82, 2.24) is 9.97 Å². The molecule has 0 saturated carbocycles. The van der Waals surface area contributed by atoms with Gasteiger partial charge in [-0.05, 0) is 36.8 Å². The first-order valence-corrected chi connectivity index (χ1v) is 6.01. The second-order valence-electron chi connectivity index (χ2n) is 3.92. The summed E-state index contributed by atoms with van der Waals surface area (Å²) in [7, 11) is 0. The van der Waals surface area contributed by atoms with Crippen LogP contribution in [0.15, 0.2) is 42.7 Å². The Labute approximate surface area is 111 Å². The molecule has 92 valence electrons. The molecule has 0 saturated heterocycles. The normalized spacial score (nSPS) is 11.8. The van der Waals surface area contributed by atoms with Gasteiger partial charge in [-0.25, -0.2) is 4.98 Å². The Morgan fingerprint density at radius 1 is 1.28 bits per heavy atom. The first-order valence-electron chi connectivity index (χ1n) is 5.60. The van der Waals surface area contributed by atoms with Gasteiger partial charge in [0.25, 0.3) is 0 Å². The number of thiocarbonyl (C=S) groups is 1. The van der Waals surface area contributed by atoms with Crippen molar-refractivity contribution in [3.8, 4) is 0 Å². The number of pyridine rings is 2. The predicted octanol–water partition coefficient (Wildman–Crippen LogP) is 2.28. The molecule has 0 spiro atoms. The van der Waals surface area contributed by atoms with E-state index in [1.165, 1.54) is 0 Å². The molecule has 2 rings (SSSR count). The lowest BCUT2D eigenvalue weighted by Gasteiger charge is -2.15. The molecule has 0 bridgehead atoms. The lowest BCUT2D eigenvalue weighted by molar-refractivity contribution is 0.870. The SMILES string of the molecule is CC(Nc1cccc(C(N)=S)n1)c1ccncc1. The maximum atomic E-state index is 5.56. The van der Waals surface area contributed by atoms with Crippen LogP contribution in [-0.2, 0) is 0 Å². The standard InChI is InChI=1S/C13H14N4S/c1-9(10-5-7-15-8-6-10)16-12-4-2-3-11(17-12)13(14)18/h2-9H,1H3,(H2,14,18)(H,16,17). The Morgan fingerprint density at radius 2 is 2.00 bits per heavy atom. The van der Waals surface area contributed by atoms with Gasteiger partial charge in [-0.15, -0.1) is 0 Å². The summed E-state index contributed by atoms with van der Waals surface area (Å²) in [4.78, 5) is 8.64. The molecule has 2 aromatic heterocycles. The summed E-state index contributed by atoms with van der Waals surface area (Å²) < 4.78 is 0. The zero-order valence-corrected chi connectivity index (χ0v) is 10.8. The molecule has 0 radical (unpaired) electrons. The molecule has 5 heteroatoms.